The van der Waals surface area contributed by atoms with E-state index in [1.807, 2.05) is 20.8 Å². The first-order valence-electron chi connectivity index (χ1n) is 6.23. The van der Waals surface area contributed by atoms with E-state index in [2.05, 4.69) is 5.32 Å². The molecule has 0 aliphatic heterocycles. The van der Waals surface area contributed by atoms with E-state index < -0.39 is 5.54 Å². The fraction of sp³-hybridized carbons (Fsp3) is 0.500. The van der Waals surface area contributed by atoms with Crippen molar-refractivity contribution >= 4 is 5.91 Å². The van der Waals surface area contributed by atoms with Gasteiger partial charge < -0.3 is 20.9 Å². The maximum absolute atomic E-state index is 12.2. The standard InChI is InChI=1S/C14H22N2O3/c1-9(2)14(3,8-15)16-13(18)10-5-6-12(19-4)11(17)7-10/h5-7,9,17H,8,15H2,1-4H3,(H,16,18). The minimum atomic E-state index is -0.480. The summed E-state index contributed by atoms with van der Waals surface area (Å²) in [5.41, 5.74) is 5.62. The van der Waals surface area contributed by atoms with Gasteiger partial charge in [0.1, 0.15) is 0 Å². The molecule has 1 aromatic carbocycles. The minimum Gasteiger partial charge on any atom is -0.504 e. The molecule has 5 nitrogen and oxygen atoms in total. The molecule has 0 aliphatic rings. The molecule has 0 radical (unpaired) electrons. The lowest BCUT2D eigenvalue weighted by atomic mass is 9.88. The molecule has 0 bridgehead atoms. The molecule has 0 heterocycles. The topological polar surface area (TPSA) is 84.6 Å². The number of carbonyl (C=O) groups excluding carboxylic acids is 1. The largest absolute Gasteiger partial charge is 0.504 e. The van der Waals surface area contributed by atoms with Gasteiger partial charge in [0.2, 0.25) is 0 Å². The predicted octanol–water partition coefficient (Wildman–Crippen LogP) is 1.50. The Morgan fingerprint density at radius 1 is 1.53 bits per heavy atom. The molecular formula is C14H22N2O3. The van der Waals surface area contributed by atoms with Crippen molar-refractivity contribution in [3.05, 3.63) is 23.8 Å². The fourth-order valence-corrected chi connectivity index (χ4v) is 1.59. The zero-order valence-corrected chi connectivity index (χ0v) is 11.9. The summed E-state index contributed by atoms with van der Waals surface area (Å²) in [7, 11) is 1.46. The van der Waals surface area contributed by atoms with Gasteiger partial charge in [0.05, 0.1) is 12.6 Å². The number of aromatic hydroxyl groups is 1. The lowest BCUT2D eigenvalue weighted by molar-refractivity contribution is 0.0882. The number of ether oxygens (including phenoxy) is 1. The van der Waals surface area contributed by atoms with Crippen molar-refractivity contribution in [1.82, 2.24) is 5.32 Å². The number of methoxy groups -OCH3 is 1. The van der Waals surface area contributed by atoms with Gasteiger partial charge in [-0.1, -0.05) is 13.8 Å². The number of phenols is 1. The van der Waals surface area contributed by atoms with Crippen LogP contribution in [0.2, 0.25) is 0 Å². The molecule has 1 unspecified atom stereocenters. The van der Waals surface area contributed by atoms with Gasteiger partial charge in [-0.15, -0.1) is 0 Å². The van der Waals surface area contributed by atoms with Crippen molar-refractivity contribution in [2.24, 2.45) is 11.7 Å². The predicted molar refractivity (Wildman–Crippen MR) is 74.4 cm³/mol. The van der Waals surface area contributed by atoms with E-state index >= 15 is 0 Å². The van der Waals surface area contributed by atoms with Crippen LogP contribution in [0.4, 0.5) is 0 Å². The van der Waals surface area contributed by atoms with E-state index in [1.165, 1.54) is 13.2 Å². The van der Waals surface area contributed by atoms with Gasteiger partial charge in [0, 0.05) is 12.1 Å². The van der Waals surface area contributed by atoms with Gasteiger partial charge in [0.15, 0.2) is 11.5 Å². The Bertz CT molecular complexity index is 460. The second kappa shape index (κ2) is 5.93. The first kappa shape index (κ1) is 15.3. The Labute approximate surface area is 113 Å². The average molecular weight is 266 g/mol. The summed E-state index contributed by atoms with van der Waals surface area (Å²) in [6.07, 6.45) is 0. The highest BCUT2D eigenvalue weighted by atomic mass is 16.5. The second-order valence-electron chi connectivity index (χ2n) is 5.12. The van der Waals surface area contributed by atoms with Crippen LogP contribution in [0.25, 0.3) is 0 Å². The molecular weight excluding hydrogens is 244 g/mol. The van der Waals surface area contributed by atoms with E-state index in [1.54, 1.807) is 12.1 Å². The number of carbonyl (C=O) groups is 1. The van der Waals surface area contributed by atoms with E-state index in [4.69, 9.17) is 10.5 Å². The first-order chi connectivity index (χ1) is 8.84. The van der Waals surface area contributed by atoms with Crippen LogP contribution in [0.3, 0.4) is 0 Å². The maximum Gasteiger partial charge on any atom is 0.251 e. The monoisotopic (exact) mass is 266 g/mol. The number of hydrogen-bond donors (Lipinski definition) is 3. The summed E-state index contributed by atoms with van der Waals surface area (Å²) in [4.78, 5) is 12.2. The van der Waals surface area contributed by atoms with Gasteiger partial charge in [-0.3, -0.25) is 4.79 Å². The highest BCUT2D eigenvalue weighted by Crippen LogP contribution is 2.26. The van der Waals surface area contributed by atoms with Crippen LogP contribution < -0.4 is 15.8 Å². The number of rotatable bonds is 5. The average Bonchev–Trinajstić information content (AvgIpc) is 2.38. The summed E-state index contributed by atoms with van der Waals surface area (Å²) in [6, 6.07) is 4.54. The number of nitrogens with one attached hydrogen (secondary N) is 1. The van der Waals surface area contributed by atoms with Gasteiger partial charge in [-0.25, -0.2) is 0 Å². The number of nitrogens with two attached hydrogens (primary N) is 1. The van der Waals surface area contributed by atoms with Crippen molar-refractivity contribution in [3.8, 4) is 11.5 Å². The lowest BCUT2D eigenvalue weighted by Gasteiger charge is -2.33. The molecule has 5 heteroatoms. The summed E-state index contributed by atoms with van der Waals surface area (Å²) in [6.45, 7) is 6.24. The Balaban J connectivity index is 2.92. The smallest absolute Gasteiger partial charge is 0.251 e. The molecule has 0 fully saturated rings. The first-order valence-corrected chi connectivity index (χ1v) is 6.23. The summed E-state index contributed by atoms with van der Waals surface area (Å²) < 4.78 is 4.94. The molecule has 4 N–H and O–H groups in total. The Kier molecular flexibility index (Phi) is 4.78. The third-order valence-corrected chi connectivity index (χ3v) is 3.54. The third kappa shape index (κ3) is 3.38. The molecule has 0 spiro atoms. The normalized spacial score (nSPS) is 14.0. The highest BCUT2D eigenvalue weighted by Gasteiger charge is 2.29. The molecule has 0 saturated heterocycles. The molecule has 0 saturated carbocycles. The van der Waals surface area contributed by atoms with Gasteiger partial charge in [-0.2, -0.15) is 0 Å². The van der Waals surface area contributed by atoms with Crippen LogP contribution in [-0.4, -0.2) is 30.2 Å². The summed E-state index contributed by atoms with van der Waals surface area (Å²) in [5, 5.41) is 12.6. The molecule has 1 aromatic rings. The second-order valence-corrected chi connectivity index (χ2v) is 5.12. The summed E-state index contributed by atoms with van der Waals surface area (Å²) in [5.74, 6) is 0.212. The van der Waals surface area contributed by atoms with E-state index in [0.29, 0.717) is 17.9 Å². The van der Waals surface area contributed by atoms with Gasteiger partial charge >= 0.3 is 0 Å². The quantitative estimate of drug-likeness (QED) is 0.754. The van der Waals surface area contributed by atoms with Gasteiger partial charge in [-0.05, 0) is 31.0 Å². The van der Waals surface area contributed by atoms with Gasteiger partial charge in [0.25, 0.3) is 5.91 Å². The SMILES string of the molecule is COc1ccc(C(=O)NC(C)(CN)C(C)C)cc1O. The van der Waals surface area contributed by atoms with Crippen molar-refractivity contribution in [2.75, 3.05) is 13.7 Å². The molecule has 0 aromatic heterocycles. The zero-order valence-electron chi connectivity index (χ0n) is 11.9. The Morgan fingerprint density at radius 3 is 2.58 bits per heavy atom. The van der Waals surface area contributed by atoms with E-state index in [0.717, 1.165) is 0 Å². The number of hydrogen-bond acceptors (Lipinski definition) is 4. The van der Waals surface area contributed by atoms with Crippen molar-refractivity contribution in [3.63, 3.8) is 0 Å². The maximum atomic E-state index is 12.2. The molecule has 1 amide bonds. The highest BCUT2D eigenvalue weighted by molar-refractivity contribution is 5.95. The van der Waals surface area contributed by atoms with E-state index in [-0.39, 0.29) is 17.6 Å². The minimum absolute atomic E-state index is 0.0610. The summed E-state index contributed by atoms with van der Waals surface area (Å²) >= 11 is 0. The molecule has 106 valence electrons. The van der Waals surface area contributed by atoms with Crippen molar-refractivity contribution in [1.29, 1.82) is 0 Å². The number of phenolic OH excluding ortho intramolecular Hbond substituents is 1. The Hall–Kier alpha value is -1.75. The van der Waals surface area contributed by atoms with Crippen LogP contribution in [0.1, 0.15) is 31.1 Å². The van der Waals surface area contributed by atoms with Crippen LogP contribution in [0.15, 0.2) is 18.2 Å². The number of amides is 1. The molecule has 1 rings (SSSR count). The van der Waals surface area contributed by atoms with E-state index in [9.17, 15) is 9.90 Å². The fourth-order valence-electron chi connectivity index (χ4n) is 1.59. The Morgan fingerprint density at radius 2 is 2.16 bits per heavy atom. The van der Waals surface area contributed by atoms with Crippen LogP contribution in [0.5, 0.6) is 11.5 Å². The van der Waals surface area contributed by atoms with Crippen molar-refractivity contribution in [2.45, 2.75) is 26.3 Å². The number of benzene rings is 1. The third-order valence-electron chi connectivity index (χ3n) is 3.54. The van der Waals surface area contributed by atoms with Crippen LogP contribution in [0, 0.1) is 5.92 Å². The van der Waals surface area contributed by atoms with Crippen molar-refractivity contribution < 1.29 is 14.6 Å². The zero-order chi connectivity index (χ0) is 14.6. The molecule has 19 heavy (non-hydrogen) atoms. The molecule has 0 aliphatic carbocycles. The van der Waals surface area contributed by atoms with Crippen LogP contribution >= 0.6 is 0 Å². The lowest BCUT2D eigenvalue weighted by Crippen LogP contribution is -2.55. The van der Waals surface area contributed by atoms with Crippen LogP contribution in [-0.2, 0) is 0 Å². The molecule has 1 atom stereocenters.